The van der Waals surface area contributed by atoms with Crippen LogP contribution >= 0.6 is 15.9 Å². The summed E-state index contributed by atoms with van der Waals surface area (Å²) in [4.78, 5) is 28.7. The Hall–Kier alpha value is -2.54. The first kappa shape index (κ1) is 18.3. The average molecular weight is 418 g/mol. The summed E-state index contributed by atoms with van der Waals surface area (Å²) in [5.74, 6) is -0.510. The van der Waals surface area contributed by atoms with E-state index in [-0.39, 0.29) is 36.8 Å². The van der Waals surface area contributed by atoms with Gasteiger partial charge in [0.2, 0.25) is 5.91 Å². The lowest BCUT2D eigenvalue weighted by molar-refractivity contribution is -0.121. The second-order valence-electron chi connectivity index (χ2n) is 6.01. The van der Waals surface area contributed by atoms with E-state index >= 15 is 0 Å². The smallest absolute Gasteiger partial charge is 0.261 e. The number of amides is 1. The molecule has 0 atom stereocenters. The van der Waals surface area contributed by atoms with Crippen LogP contribution in [0.3, 0.4) is 0 Å². The molecule has 0 unspecified atom stereocenters. The van der Waals surface area contributed by atoms with Gasteiger partial charge in [-0.1, -0.05) is 28.1 Å². The fourth-order valence-electron chi connectivity index (χ4n) is 2.55. The summed E-state index contributed by atoms with van der Waals surface area (Å²) < 4.78 is 15.7. The van der Waals surface area contributed by atoms with Gasteiger partial charge in [-0.25, -0.2) is 9.37 Å². The van der Waals surface area contributed by atoms with Gasteiger partial charge in [-0.3, -0.25) is 14.2 Å². The predicted octanol–water partition coefficient (Wildman–Crippen LogP) is 3.31. The van der Waals surface area contributed by atoms with Crippen molar-refractivity contribution >= 4 is 32.7 Å². The maximum atomic E-state index is 13.5. The fraction of sp³-hybridized carbons (Fsp3) is 0.211. The molecule has 3 rings (SSSR count). The molecule has 0 aliphatic rings. The molecule has 3 aromatic rings. The molecule has 0 radical (unpaired) electrons. The van der Waals surface area contributed by atoms with E-state index in [1.165, 1.54) is 17.0 Å². The molecule has 0 bridgehead atoms. The number of carbonyl (C=O) groups excluding carboxylic acids is 1. The summed E-state index contributed by atoms with van der Waals surface area (Å²) in [6.07, 6.45) is 1.58. The molecule has 0 aliphatic heterocycles. The first-order valence-electron chi connectivity index (χ1n) is 8.10. The Morgan fingerprint density at radius 2 is 2.08 bits per heavy atom. The number of nitrogens with one attached hydrogen (secondary N) is 1. The van der Waals surface area contributed by atoms with Gasteiger partial charge in [0.1, 0.15) is 5.82 Å². The normalized spacial score (nSPS) is 10.9. The number of rotatable bonds is 5. The second-order valence-corrected chi connectivity index (χ2v) is 6.93. The van der Waals surface area contributed by atoms with Gasteiger partial charge in [-0.2, -0.15) is 0 Å². The molecule has 2 aromatic carbocycles. The van der Waals surface area contributed by atoms with Crippen molar-refractivity contribution in [2.75, 3.05) is 0 Å². The molecule has 134 valence electrons. The SMILES string of the molecule is Cc1ccc(CNC(=O)CCn2cnc3ccc(Br)cc3c2=O)cc1F. The minimum atomic E-state index is -0.295. The quantitative estimate of drug-likeness (QED) is 0.692. The van der Waals surface area contributed by atoms with Crippen molar-refractivity contribution in [3.8, 4) is 0 Å². The fourth-order valence-corrected chi connectivity index (χ4v) is 2.91. The van der Waals surface area contributed by atoms with Gasteiger partial charge in [-0.05, 0) is 42.3 Å². The van der Waals surface area contributed by atoms with Crippen LogP contribution in [0.4, 0.5) is 4.39 Å². The summed E-state index contributed by atoms with van der Waals surface area (Å²) >= 11 is 3.34. The molecule has 1 heterocycles. The number of nitrogens with zero attached hydrogens (tertiary/aromatic N) is 2. The molecule has 7 heteroatoms. The Kier molecular flexibility index (Phi) is 5.46. The van der Waals surface area contributed by atoms with Gasteiger partial charge < -0.3 is 5.32 Å². The van der Waals surface area contributed by atoms with Crippen molar-refractivity contribution in [3.63, 3.8) is 0 Å². The van der Waals surface area contributed by atoms with E-state index in [0.717, 1.165) is 4.47 Å². The largest absolute Gasteiger partial charge is 0.352 e. The molecular weight excluding hydrogens is 401 g/mol. The molecule has 0 saturated carbocycles. The monoisotopic (exact) mass is 417 g/mol. The summed E-state index contributed by atoms with van der Waals surface area (Å²) in [5, 5.41) is 3.23. The zero-order chi connectivity index (χ0) is 18.7. The standard InChI is InChI=1S/C19H17BrFN3O2/c1-12-2-3-13(8-16(12)21)10-22-18(25)6-7-24-11-23-17-5-4-14(20)9-15(17)19(24)26/h2-5,8-9,11H,6-7,10H2,1H3,(H,22,25). The lowest BCUT2D eigenvalue weighted by Gasteiger charge is -2.08. The number of hydrogen-bond donors (Lipinski definition) is 1. The van der Waals surface area contributed by atoms with E-state index < -0.39 is 0 Å². The maximum Gasteiger partial charge on any atom is 0.261 e. The van der Waals surface area contributed by atoms with Crippen LogP contribution in [0.2, 0.25) is 0 Å². The highest BCUT2D eigenvalue weighted by molar-refractivity contribution is 9.10. The number of aromatic nitrogens is 2. The van der Waals surface area contributed by atoms with Crippen LogP contribution in [0.5, 0.6) is 0 Å². The summed E-state index contributed by atoms with van der Waals surface area (Å²) in [6, 6.07) is 10.2. The van der Waals surface area contributed by atoms with Crippen molar-refractivity contribution in [3.05, 3.63) is 74.5 Å². The van der Waals surface area contributed by atoms with Crippen molar-refractivity contribution in [2.45, 2.75) is 26.4 Å². The molecule has 1 aromatic heterocycles. The molecule has 5 nitrogen and oxygen atoms in total. The van der Waals surface area contributed by atoms with Crippen LogP contribution in [0, 0.1) is 12.7 Å². The van der Waals surface area contributed by atoms with Crippen LogP contribution in [-0.4, -0.2) is 15.5 Å². The highest BCUT2D eigenvalue weighted by Crippen LogP contribution is 2.15. The molecule has 0 aliphatic carbocycles. The third-order valence-corrected chi connectivity index (χ3v) is 4.59. The van der Waals surface area contributed by atoms with Crippen molar-refractivity contribution in [1.82, 2.24) is 14.9 Å². The first-order chi connectivity index (χ1) is 12.4. The number of fused-ring (bicyclic) bond motifs is 1. The Labute approximate surface area is 158 Å². The summed E-state index contributed by atoms with van der Waals surface area (Å²) in [5.41, 5.74) is 1.68. The molecule has 1 N–H and O–H groups in total. The Balaban J connectivity index is 1.62. The van der Waals surface area contributed by atoms with E-state index in [9.17, 15) is 14.0 Å². The second kappa shape index (κ2) is 7.78. The lowest BCUT2D eigenvalue weighted by Crippen LogP contribution is -2.27. The highest BCUT2D eigenvalue weighted by atomic mass is 79.9. The number of hydrogen-bond acceptors (Lipinski definition) is 3. The number of halogens is 2. The zero-order valence-electron chi connectivity index (χ0n) is 14.1. The van der Waals surface area contributed by atoms with E-state index in [0.29, 0.717) is 22.0 Å². The van der Waals surface area contributed by atoms with Gasteiger partial charge in [-0.15, -0.1) is 0 Å². The topological polar surface area (TPSA) is 64.0 Å². The van der Waals surface area contributed by atoms with Crippen molar-refractivity contribution < 1.29 is 9.18 Å². The Bertz CT molecular complexity index is 1030. The van der Waals surface area contributed by atoms with E-state index in [1.54, 1.807) is 31.2 Å². The van der Waals surface area contributed by atoms with E-state index in [1.807, 2.05) is 6.07 Å². The molecular formula is C19H17BrFN3O2. The maximum absolute atomic E-state index is 13.5. The minimum Gasteiger partial charge on any atom is -0.352 e. The van der Waals surface area contributed by atoms with E-state index in [4.69, 9.17) is 0 Å². The van der Waals surface area contributed by atoms with Gasteiger partial charge in [0.25, 0.3) is 5.56 Å². The molecule has 26 heavy (non-hydrogen) atoms. The molecule has 0 fully saturated rings. The highest BCUT2D eigenvalue weighted by Gasteiger charge is 2.08. The number of carbonyl (C=O) groups is 1. The number of benzene rings is 2. The summed E-state index contributed by atoms with van der Waals surface area (Å²) in [6.45, 7) is 2.15. The van der Waals surface area contributed by atoms with E-state index in [2.05, 4.69) is 26.2 Å². The molecule has 0 saturated heterocycles. The average Bonchev–Trinajstić information content (AvgIpc) is 2.62. The zero-order valence-corrected chi connectivity index (χ0v) is 15.7. The van der Waals surface area contributed by atoms with Crippen molar-refractivity contribution in [1.29, 1.82) is 0 Å². The van der Waals surface area contributed by atoms with Crippen LogP contribution in [-0.2, 0) is 17.9 Å². The van der Waals surface area contributed by atoms with Gasteiger partial charge in [0.15, 0.2) is 0 Å². The van der Waals surface area contributed by atoms with Crippen LogP contribution < -0.4 is 10.9 Å². The molecule has 1 amide bonds. The van der Waals surface area contributed by atoms with Gasteiger partial charge >= 0.3 is 0 Å². The van der Waals surface area contributed by atoms with Crippen LogP contribution in [0.25, 0.3) is 10.9 Å². The Morgan fingerprint density at radius 3 is 2.85 bits per heavy atom. The minimum absolute atomic E-state index is 0.134. The lowest BCUT2D eigenvalue weighted by atomic mass is 10.1. The van der Waals surface area contributed by atoms with Crippen molar-refractivity contribution in [2.24, 2.45) is 0 Å². The first-order valence-corrected chi connectivity index (χ1v) is 8.90. The van der Waals surface area contributed by atoms with Crippen LogP contribution in [0.15, 0.2) is 52.0 Å². The number of aryl methyl sites for hydroxylation is 2. The summed E-state index contributed by atoms with van der Waals surface area (Å²) in [7, 11) is 0. The predicted molar refractivity (Wildman–Crippen MR) is 101 cm³/mol. The third-order valence-electron chi connectivity index (χ3n) is 4.09. The third kappa shape index (κ3) is 4.16. The van der Waals surface area contributed by atoms with Crippen LogP contribution in [0.1, 0.15) is 17.5 Å². The van der Waals surface area contributed by atoms with Gasteiger partial charge in [0.05, 0.1) is 17.2 Å². The van der Waals surface area contributed by atoms with Gasteiger partial charge in [0, 0.05) is 24.0 Å². The Morgan fingerprint density at radius 1 is 1.27 bits per heavy atom. The molecule has 0 spiro atoms.